The topological polar surface area (TPSA) is 49.5 Å². The Balaban J connectivity index is 3.02. The Labute approximate surface area is 117 Å². The predicted octanol–water partition coefficient (Wildman–Crippen LogP) is 2.39. The fourth-order valence-corrected chi connectivity index (χ4v) is 3.33. The number of thiophene rings is 1. The number of aliphatic hydroxyl groups excluding tert-OH is 1. The van der Waals surface area contributed by atoms with Gasteiger partial charge in [0.25, 0.3) is 6.43 Å². The molecule has 6 heteroatoms. The summed E-state index contributed by atoms with van der Waals surface area (Å²) in [6.45, 7) is 3.60. The lowest BCUT2D eigenvalue weighted by molar-refractivity contribution is 0.0475. The first-order valence-corrected chi connectivity index (χ1v) is 7.31. The molecule has 0 fully saturated rings. The maximum absolute atomic E-state index is 12.7. The first-order chi connectivity index (χ1) is 9.01. The zero-order chi connectivity index (χ0) is 14.4. The Kier molecular flexibility index (Phi) is 6.85. The number of nitrogens with zero attached hydrogens (tertiary/aromatic N) is 1. The van der Waals surface area contributed by atoms with Crippen LogP contribution < -0.4 is 5.73 Å². The van der Waals surface area contributed by atoms with Crippen LogP contribution >= 0.6 is 11.3 Å². The molecular formula is C13H22F2N2OS. The Bertz CT molecular complexity index is 373. The van der Waals surface area contributed by atoms with Crippen molar-refractivity contribution >= 4 is 11.3 Å². The van der Waals surface area contributed by atoms with E-state index in [9.17, 15) is 8.78 Å². The summed E-state index contributed by atoms with van der Waals surface area (Å²) in [4.78, 5) is 2.61. The van der Waals surface area contributed by atoms with Gasteiger partial charge in [0.15, 0.2) is 0 Å². The van der Waals surface area contributed by atoms with Gasteiger partial charge in [0.1, 0.15) is 0 Å². The Morgan fingerprint density at radius 1 is 1.47 bits per heavy atom. The first kappa shape index (κ1) is 16.5. The van der Waals surface area contributed by atoms with Crippen molar-refractivity contribution in [3.05, 3.63) is 21.9 Å². The van der Waals surface area contributed by atoms with Crippen LogP contribution in [0.4, 0.5) is 8.78 Å². The van der Waals surface area contributed by atoms with Crippen LogP contribution in [0.2, 0.25) is 0 Å². The summed E-state index contributed by atoms with van der Waals surface area (Å²) in [7, 11) is 0. The van der Waals surface area contributed by atoms with Gasteiger partial charge >= 0.3 is 0 Å². The molecule has 1 aromatic heterocycles. The predicted molar refractivity (Wildman–Crippen MR) is 74.7 cm³/mol. The van der Waals surface area contributed by atoms with Crippen LogP contribution in [0, 0.1) is 6.92 Å². The molecule has 110 valence electrons. The van der Waals surface area contributed by atoms with Crippen molar-refractivity contribution in [2.45, 2.75) is 38.8 Å². The van der Waals surface area contributed by atoms with Gasteiger partial charge in [-0.25, -0.2) is 8.78 Å². The zero-order valence-electron chi connectivity index (χ0n) is 11.4. The molecule has 0 aliphatic heterocycles. The fourth-order valence-electron chi connectivity index (χ4n) is 2.19. The van der Waals surface area contributed by atoms with E-state index >= 15 is 0 Å². The van der Waals surface area contributed by atoms with Crippen LogP contribution in [0.25, 0.3) is 0 Å². The standard InChI is InChI=1S/C13H22F2N2OS/c1-3-10(16)12(13-9(2)4-7-19-13)17(5-6-18)8-11(14)15/h4,7,10-12,18H,3,5-6,8,16H2,1-2H3. The van der Waals surface area contributed by atoms with Gasteiger partial charge in [-0.15, -0.1) is 11.3 Å². The number of aliphatic hydroxyl groups is 1. The normalized spacial score (nSPS) is 15.2. The lowest BCUT2D eigenvalue weighted by Crippen LogP contribution is -2.44. The third-order valence-electron chi connectivity index (χ3n) is 3.20. The molecule has 3 N–H and O–H groups in total. The van der Waals surface area contributed by atoms with Crippen molar-refractivity contribution < 1.29 is 13.9 Å². The number of hydrogen-bond donors (Lipinski definition) is 2. The summed E-state index contributed by atoms with van der Waals surface area (Å²) >= 11 is 1.53. The fraction of sp³-hybridized carbons (Fsp3) is 0.692. The highest BCUT2D eigenvalue weighted by Gasteiger charge is 2.29. The van der Waals surface area contributed by atoms with Gasteiger partial charge < -0.3 is 10.8 Å². The number of hydrogen-bond acceptors (Lipinski definition) is 4. The largest absolute Gasteiger partial charge is 0.395 e. The maximum atomic E-state index is 12.7. The molecule has 0 amide bonds. The van der Waals surface area contributed by atoms with Crippen LogP contribution in [0.3, 0.4) is 0 Å². The molecule has 0 spiro atoms. The van der Waals surface area contributed by atoms with E-state index in [1.54, 1.807) is 4.90 Å². The Morgan fingerprint density at radius 2 is 2.16 bits per heavy atom. The molecule has 0 saturated heterocycles. The number of alkyl halides is 2. The highest BCUT2D eigenvalue weighted by molar-refractivity contribution is 7.10. The maximum Gasteiger partial charge on any atom is 0.251 e. The van der Waals surface area contributed by atoms with Crippen LogP contribution in [0.5, 0.6) is 0 Å². The Morgan fingerprint density at radius 3 is 2.58 bits per heavy atom. The summed E-state index contributed by atoms with van der Waals surface area (Å²) in [6, 6.07) is 1.49. The molecule has 0 saturated carbocycles. The van der Waals surface area contributed by atoms with Gasteiger partial charge in [-0.05, 0) is 30.4 Å². The molecule has 0 aliphatic carbocycles. The number of rotatable bonds is 8. The minimum Gasteiger partial charge on any atom is -0.395 e. The average Bonchev–Trinajstić information content (AvgIpc) is 2.75. The molecule has 0 bridgehead atoms. The van der Waals surface area contributed by atoms with E-state index in [1.165, 1.54) is 11.3 Å². The van der Waals surface area contributed by atoms with Crippen LogP contribution in [-0.2, 0) is 0 Å². The number of halogens is 2. The quantitative estimate of drug-likeness (QED) is 0.773. The van der Waals surface area contributed by atoms with Gasteiger partial charge in [0.2, 0.25) is 0 Å². The van der Waals surface area contributed by atoms with Crippen molar-refractivity contribution in [2.75, 3.05) is 19.7 Å². The molecule has 2 atom stereocenters. The molecule has 0 aliphatic rings. The molecule has 1 aromatic rings. The molecule has 19 heavy (non-hydrogen) atoms. The summed E-state index contributed by atoms with van der Waals surface area (Å²) in [5, 5.41) is 11.0. The van der Waals surface area contributed by atoms with E-state index in [4.69, 9.17) is 10.8 Å². The number of aryl methyl sites for hydroxylation is 1. The minimum absolute atomic E-state index is 0.149. The van der Waals surface area contributed by atoms with Gasteiger partial charge in [-0.3, -0.25) is 4.90 Å². The van der Waals surface area contributed by atoms with Crippen molar-refractivity contribution in [3.63, 3.8) is 0 Å². The van der Waals surface area contributed by atoms with Crippen molar-refractivity contribution in [2.24, 2.45) is 5.73 Å². The van der Waals surface area contributed by atoms with E-state index < -0.39 is 6.43 Å². The second-order valence-electron chi connectivity index (χ2n) is 4.59. The van der Waals surface area contributed by atoms with E-state index in [0.29, 0.717) is 6.42 Å². The Hall–Kier alpha value is -0.560. The SMILES string of the molecule is CCC(N)C(c1sccc1C)N(CCO)CC(F)F. The lowest BCUT2D eigenvalue weighted by atomic mass is 10.0. The van der Waals surface area contributed by atoms with Crippen molar-refractivity contribution in [1.29, 1.82) is 0 Å². The zero-order valence-corrected chi connectivity index (χ0v) is 12.2. The van der Waals surface area contributed by atoms with Crippen LogP contribution in [0.1, 0.15) is 29.8 Å². The smallest absolute Gasteiger partial charge is 0.251 e. The number of nitrogens with two attached hydrogens (primary N) is 1. The third kappa shape index (κ3) is 4.49. The monoisotopic (exact) mass is 292 g/mol. The van der Waals surface area contributed by atoms with Gasteiger partial charge in [-0.2, -0.15) is 0 Å². The average molecular weight is 292 g/mol. The van der Waals surface area contributed by atoms with Gasteiger partial charge in [0, 0.05) is 17.5 Å². The van der Waals surface area contributed by atoms with Gasteiger partial charge in [-0.1, -0.05) is 6.92 Å². The highest BCUT2D eigenvalue weighted by atomic mass is 32.1. The molecule has 3 nitrogen and oxygen atoms in total. The second kappa shape index (κ2) is 7.89. The van der Waals surface area contributed by atoms with Crippen molar-refractivity contribution in [1.82, 2.24) is 4.90 Å². The molecule has 1 rings (SSSR count). The summed E-state index contributed by atoms with van der Waals surface area (Å²) in [5.41, 5.74) is 7.19. The van der Waals surface area contributed by atoms with E-state index in [0.717, 1.165) is 10.4 Å². The second-order valence-corrected chi connectivity index (χ2v) is 5.54. The highest BCUT2D eigenvalue weighted by Crippen LogP contribution is 2.32. The van der Waals surface area contributed by atoms with Crippen molar-refractivity contribution in [3.8, 4) is 0 Å². The summed E-state index contributed by atoms with van der Waals surface area (Å²) in [5.74, 6) is 0. The summed E-state index contributed by atoms with van der Waals surface area (Å²) < 4.78 is 25.4. The van der Waals surface area contributed by atoms with E-state index in [1.807, 2.05) is 25.3 Å². The van der Waals surface area contributed by atoms with E-state index in [2.05, 4.69) is 0 Å². The van der Waals surface area contributed by atoms with Crippen LogP contribution in [0.15, 0.2) is 11.4 Å². The third-order valence-corrected chi connectivity index (χ3v) is 4.29. The first-order valence-electron chi connectivity index (χ1n) is 6.43. The molecular weight excluding hydrogens is 270 g/mol. The summed E-state index contributed by atoms with van der Waals surface area (Å²) in [6.07, 6.45) is -1.73. The van der Waals surface area contributed by atoms with Gasteiger partial charge in [0.05, 0.1) is 19.2 Å². The lowest BCUT2D eigenvalue weighted by Gasteiger charge is -2.34. The minimum atomic E-state index is -2.43. The molecule has 0 radical (unpaired) electrons. The molecule has 2 unspecified atom stereocenters. The van der Waals surface area contributed by atoms with Crippen LogP contribution in [-0.4, -0.2) is 42.2 Å². The molecule has 1 heterocycles. The van der Waals surface area contributed by atoms with E-state index in [-0.39, 0.29) is 31.8 Å². The molecule has 0 aromatic carbocycles.